The summed E-state index contributed by atoms with van der Waals surface area (Å²) in [5.41, 5.74) is 19.0. The Kier molecular flexibility index (Phi) is 6.21. The van der Waals surface area contributed by atoms with Crippen LogP contribution in [0.5, 0.6) is 0 Å². The largest absolute Gasteiger partial charge is 0.393 e. The lowest BCUT2D eigenvalue weighted by Gasteiger charge is -2.13. The number of aromatic nitrogens is 2. The fourth-order valence-corrected chi connectivity index (χ4v) is 2.44. The van der Waals surface area contributed by atoms with Gasteiger partial charge >= 0.3 is 0 Å². The van der Waals surface area contributed by atoms with Gasteiger partial charge in [-0.15, -0.1) is 0 Å². The lowest BCUT2D eigenvalue weighted by molar-refractivity contribution is -0.119. The number of aryl methyl sites for hydroxylation is 1. The fraction of sp³-hybridized carbons (Fsp3) is 0.100. The summed E-state index contributed by atoms with van der Waals surface area (Å²) in [6, 6.07) is 16.4. The van der Waals surface area contributed by atoms with E-state index in [9.17, 15) is 9.59 Å². The van der Waals surface area contributed by atoms with Gasteiger partial charge in [-0.1, -0.05) is 48.0 Å². The second-order valence-corrected chi connectivity index (χ2v) is 6.27. The molecule has 3 rings (SSSR count). The number of rotatable bonds is 7. The topological polar surface area (TPSA) is 134 Å². The summed E-state index contributed by atoms with van der Waals surface area (Å²) in [7, 11) is 0. The zero-order chi connectivity index (χ0) is 20.6. The van der Waals surface area contributed by atoms with E-state index in [1.54, 1.807) is 12.1 Å². The van der Waals surface area contributed by atoms with Crippen molar-refractivity contribution < 1.29 is 9.59 Å². The highest BCUT2D eigenvalue weighted by atomic mass is 16.2. The maximum absolute atomic E-state index is 12.2. The van der Waals surface area contributed by atoms with E-state index in [-0.39, 0.29) is 35.6 Å². The van der Waals surface area contributed by atoms with Gasteiger partial charge in [-0.05, 0) is 24.6 Å². The van der Waals surface area contributed by atoms with Crippen molar-refractivity contribution in [1.29, 1.82) is 0 Å². The predicted octanol–water partition coefficient (Wildman–Crippen LogP) is 1.81. The van der Waals surface area contributed by atoms with Crippen LogP contribution in [0.4, 0.5) is 17.3 Å². The van der Waals surface area contributed by atoms with Gasteiger partial charge in [0, 0.05) is 5.56 Å². The van der Waals surface area contributed by atoms with E-state index in [0.717, 1.165) is 11.1 Å². The number of hydrogen-bond acceptors (Lipinski definition) is 7. The Bertz CT molecular complexity index is 991. The average molecular weight is 391 g/mol. The van der Waals surface area contributed by atoms with Gasteiger partial charge in [-0.2, -0.15) is 0 Å². The number of carbonyl (C=O) groups excluding carboxylic acids is 2. The Morgan fingerprint density at radius 3 is 2.17 bits per heavy atom. The summed E-state index contributed by atoms with van der Waals surface area (Å²) < 4.78 is 0. The molecule has 0 bridgehead atoms. The quantitative estimate of drug-likeness (QED) is 0.388. The van der Waals surface area contributed by atoms with Crippen molar-refractivity contribution in [3.05, 3.63) is 77.6 Å². The maximum Gasteiger partial charge on any atom is 0.269 e. The van der Waals surface area contributed by atoms with Gasteiger partial charge in [0.05, 0.1) is 6.42 Å². The molecule has 3 aromatic rings. The average Bonchev–Trinajstić information content (AvgIpc) is 2.73. The zero-order valence-corrected chi connectivity index (χ0v) is 15.8. The molecule has 9 heteroatoms. The van der Waals surface area contributed by atoms with E-state index in [4.69, 9.17) is 5.73 Å². The van der Waals surface area contributed by atoms with Gasteiger partial charge in [0.2, 0.25) is 5.91 Å². The molecule has 0 radical (unpaired) electrons. The molecule has 2 amide bonds. The third-order valence-electron chi connectivity index (χ3n) is 4.02. The summed E-state index contributed by atoms with van der Waals surface area (Å²) >= 11 is 0. The SMILES string of the molecule is Cc1ccc(C(=O)NNc2ncnc(NNC(=O)Cc3ccccc3)c2N)cc1. The number of nitrogens with zero attached hydrogens (tertiary/aromatic N) is 2. The Hall–Kier alpha value is -4.14. The molecule has 0 aliphatic heterocycles. The molecule has 29 heavy (non-hydrogen) atoms. The Labute approximate surface area is 167 Å². The maximum atomic E-state index is 12.2. The lowest BCUT2D eigenvalue weighted by atomic mass is 10.1. The second-order valence-electron chi connectivity index (χ2n) is 6.27. The molecule has 1 heterocycles. The number of amides is 2. The minimum atomic E-state index is -0.339. The van der Waals surface area contributed by atoms with Gasteiger partial charge in [0.25, 0.3) is 5.91 Å². The van der Waals surface area contributed by atoms with Crippen molar-refractivity contribution in [2.45, 2.75) is 13.3 Å². The first kappa shape index (κ1) is 19.6. The number of nitrogen functional groups attached to an aromatic ring is 1. The van der Waals surface area contributed by atoms with Crippen molar-refractivity contribution in [2.24, 2.45) is 0 Å². The van der Waals surface area contributed by atoms with Crippen molar-refractivity contribution in [3.8, 4) is 0 Å². The van der Waals surface area contributed by atoms with Crippen LogP contribution in [-0.2, 0) is 11.2 Å². The molecule has 0 saturated heterocycles. The van der Waals surface area contributed by atoms with Crippen LogP contribution < -0.4 is 27.4 Å². The van der Waals surface area contributed by atoms with E-state index in [1.807, 2.05) is 49.4 Å². The van der Waals surface area contributed by atoms with Gasteiger partial charge in [-0.25, -0.2) is 9.97 Å². The Morgan fingerprint density at radius 1 is 0.897 bits per heavy atom. The highest BCUT2D eigenvalue weighted by Gasteiger charge is 2.11. The summed E-state index contributed by atoms with van der Waals surface area (Å²) in [5.74, 6) is -0.196. The number of anilines is 3. The number of hydrogen-bond donors (Lipinski definition) is 5. The van der Waals surface area contributed by atoms with Crippen LogP contribution in [0.25, 0.3) is 0 Å². The molecule has 1 aromatic heterocycles. The van der Waals surface area contributed by atoms with Crippen molar-refractivity contribution in [2.75, 3.05) is 16.6 Å². The highest BCUT2D eigenvalue weighted by Crippen LogP contribution is 2.21. The van der Waals surface area contributed by atoms with Crippen molar-refractivity contribution in [1.82, 2.24) is 20.8 Å². The molecule has 148 valence electrons. The van der Waals surface area contributed by atoms with Crippen LogP contribution in [0.1, 0.15) is 21.5 Å². The molecular weight excluding hydrogens is 370 g/mol. The van der Waals surface area contributed by atoms with Crippen LogP contribution in [0.15, 0.2) is 60.9 Å². The van der Waals surface area contributed by atoms with Gasteiger partial charge < -0.3 is 5.73 Å². The molecule has 0 saturated carbocycles. The van der Waals surface area contributed by atoms with E-state index in [2.05, 4.69) is 31.7 Å². The van der Waals surface area contributed by atoms with Crippen LogP contribution in [-0.4, -0.2) is 21.8 Å². The molecule has 9 nitrogen and oxygen atoms in total. The lowest BCUT2D eigenvalue weighted by Crippen LogP contribution is -2.33. The first-order valence-corrected chi connectivity index (χ1v) is 8.85. The third kappa shape index (κ3) is 5.42. The van der Waals surface area contributed by atoms with Gasteiger partial charge in [0.15, 0.2) is 11.6 Å². The van der Waals surface area contributed by atoms with Crippen LogP contribution in [0.2, 0.25) is 0 Å². The first-order chi connectivity index (χ1) is 14.0. The van der Waals surface area contributed by atoms with Gasteiger partial charge in [0.1, 0.15) is 12.0 Å². The zero-order valence-electron chi connectivity index (χ0n) is 15.8. The number of benzene rings is 2. The van der Waals surface area contributed by atoms with Crippen molar-refractivity contribution >= 4 is 29.1 Å². The summed E-state index contributed by atoms with van der Waals surface area (Å²) in [5, 5.41) is 0. The standard InChI is InChI=1S/C20H21N7O2/c1-13-7-9-15(10-8-13)20(29)27-26-19-17(21)18(22-12-23-19)25-24-16(28)11-14-5-3-2-4-6-14/h2-10,12H,11,21H2,1H3,(H,24,28)(H,27,29)(H2,22,23,25,26). The van der Waals surface area contributed by atoms with Crippen molar-refractivity contribution in [3.63, 3.8) is 0 Å². The van der Waals surface area contributed by atoms with E-state index >= 15 is 0 Å². The molecule has 6 N–H and O–H groups in total. The molecule has 0 aliphatic rings. The smallest absolute Gasteiger partial charge is 0.269 e. The number of nitrogens with one attached hydrogen (secondary N) is 4. The number of carbonyl (C=O) groups is 2. The molecule has 2 aromatic carbocycles. The minimum absolute atomic E-state index is 0.136. The van der Waals surface area contributed by atoms with E-state index in [0.29, 0.717) is 5.56 Å². The number of nitrogens with two attached hydrogens (primary N) is 1. The van der Waals surface area contributed by atoms with Gasteiger partial charge in [-0.3, -0.25) is 31.3 Å². The Balaban J connectivity index is 1.56. The number of hydrazine groups is 2. The van der Waals surface area contributed by atoms with Crippen LogP contribution >= 0.6 is 0 Å². The van der Waals surface area contributed by atoms with Crippen LogP contribution in [0, 0.1) is 6.92 Å². The summed E-state index contributed by atoms with van der Waals surface area (Å²) in [6.07, 6.45) is 1.46. The molecule has 0 fully saturated rings. The second kappa shape index (κ2) is 9.18. The minimum Gasteiger partial charge on any atom is -0.393 e. The highest BCUT2D eigenvalue weighted by molar-refractivity contribution is 5.95. The monoisotopic (exact) mass is 391 g/mol. The molecule has 0 aliphatic carbocycles. The fourth-order valence-electron chi connectivity index (χ4n) is 2.44. The molecule has 0 atom stereocenters. The molecule has 0 spiro atoms. The molecular formula is C20H21N7O2. The normalized spacial score (nSPS) is 10.1. The van der Waals surface area contributed by atoms with E-state index in [1.165, 1.54) is 6.33 Å². The van der Waals surface area contributed by atoms with E-state index < -0.39 is 0 Å². The Morgan fingerprint density at radius 2 is 1.52 bits per heavy atom. The molecule has 0 unspecified atom stereocenters. The predicted molar refractivity (Wildman–Crippen MR) is 111 cm³/mol. The van der Waals surface area contributed by atoms with Crippen LogP contribution in [0.3, 0.4) is 0 Å². The first-order valence-electron chi connectivity index (χ1n) is 8.85. The summed E-state index contributed by atoms with van der Waals surface area (Å²) in [4.78, 5) is 32.2. The third-order valence-corrected chi connectivity index (χ3v) is 4.02. The summed E-state index contributed by atoms with van der Waals surface area (Å²) in [6.45, 7) is 1.94.